The van der Waals surface area contributed by atoms with E-state index in [-0.39, 0.29) is 12.1 Å². The minimum atomic E-state index is -1.10. The summed E-state index contributed by atoms with van der Waals surface area (Å²) in [5.74, 6) is -0.502. The van der Waals surface area contributed by atoms with Crippen molar-refractivity contribution in [3.8, 4) is 0 Å². The second-order valence-corrected chi connectivity index (χ2v) is 4.86. The summed E-state index contributed by atoms with van der Waals surface area (Å²) in [6.45, 7) is 2.72. The van der Waals surface area contributed by atoms with Crippen molar-refractivity contribution in [2.75, 3.05) is 11.9 Å². The molecule has 0 fully saturated rings. The Bertz CT molecular complexity index is 630. The molecule has 0 bridgehead atoms. The third kappa shape index (κ3) is 4.29. The van der Waals surface area contributed by atoms with E-state index in [0.29, 0.717) is 5.69 Å². The van der Waals surface area contributed by atoms with Crippen molar-refractivity contribution in [3.63, 3.8) is 0 Å². The van der Waals surface area contributed by atoms with Crippen molar-refractivity contribution in [3.05, 3.63) is 48.0 Å². The lowest BCUT2D eigenvalue weighted by atomic mass is 10.1. The van der Waals surface area contributed by atoms with E-state index in [1.165, 1.54) is 12.1 Å². The van der Waals surface area contributed by atoms with E-state index in [2.05, 4.69) is 15.7 Å². The van der Waals surface area contributed by atoms with Gasteiger partial charge in [0.2, 0.25) is 0 Å². The average Bonchev–Trinajstić information content (AvgIpc) is 2.93. The molecule has 0 spiro atoms. The maximum absolute atomic E-state index is 13.5. The van der Waals surface area contributed by atoms with E-state index >= 15 is 0 Å². The molecule has 1 aromatic carbocycles. The van der Waals surface area contributed by atoms with Gasteiger partial charge in [0.15, 0.2) is 0 Å². The van der Waals surface area contributed by atoms with Crippen LogP contribution in [-0.2, 0) is 6.54 Å². The maximum atomic E-state index is 13.5. The quantitative estimate of drug-likeness (QED) is 0.766. The number of anilines is 1. The van der Waals surface area contributed by atoms with Crippen LogP contribution in [0.3, 0.4) is 0 Å². The molecule has 7 heteroatoms. The number of nitrogens with one attached hydrogen (secondary N) is 2. The highest BCUT2D eigenvalue weighted by atomic mass is 19.1. The zero-order chi connectivity index (χ0) is 15.9. The highest BCUT2D eigenvalue weighted by Crippen LogP contribution is 2.15. The monoisotopic (exact) mass is 306 g/mol. The molecule has 1 atom stereocenters. The first kappa shape index (κ1) is 16.0. The van der Waals surface area contributed by atoms with Gasteiger partial charge in [-0.1, -0.05) is 25.1 Å². The van der Waals surface area contributed by atoms with Crippen LogP contribution in [0.5, 0.6) is 0 Å². The molecule has 0 radical (unpaired) electrons. The van der Waals surface area contributed by atoms with Crippen molar-refractivity contribution in [2.45, 2.75) is 26.0 Å². The number of benzene rings is 1. The molecule has 22 heavy (non-hydrogen) atoms. The Balaban J connectivity index is 1.83. The Morgan fingerprint density at radius 2 is 2.23 bits per heavy atom. The number of hydrogen-bond acceptors (Lipinski definition) is 3. The lowest BCUT2D eigenvalue weighted by Gasteiger charge is -2.13. The van der Waals surface area contributed by atoms with E-state index in [1.807, 2.05) is 6.92 Å². The molecule has 1 unspecified atom stereocenters. The van der Waals surface area contributed by atoms with Gasteiger partial charge in [0.1, 0.15) is 5.82 Å². The third-order valence-corrected chi connectivity index (χ3v) is 3.06. The van der Waals surface area contributed by atoms with Crippen molar-refractivity contribution in [1.82, 2.24) is 15.1 Å². The number of carbonyl (C=O) groups excluding carboxylic acids is 1. The van der Waals surface area contributed by atoms with Crippen molar-refractivity contribution < 1.29 is 14.3 Å². The SMILES string of the molecule is CCCn1cc(NC(=O)NCC(O)c2ccccc2F)cn1. The van der Waals surface area contributed by atoms with Crippen LogP contribution < -0.4 is 10.6 Å². The second-order valence-electron chi connectivity index (χ2n) is 4.86. The van der Waals surface area contributed by atoms with E-state index in [9.17, 15) is 14.3 Å². The van der Waals surface area contributed by atoms with Gasteiger partial charge in [0, 0.05) is 24.8 Å². The van der Waals surface area contributed by atoms with Crippen LogP contribution in [-0.4, -0.2) is 27.5 Å². The fraction of sp³-hybridized carbons (Fsp3) is 0.333. The molecule has 2 rings (SSSR count). The predicted molar refractivity (Wildman–Crippen MR) is 80.9 cm³/mol. The van der Waals surface area contributed by atoms with Crippen molar-refractivity contribution >= 4 is 11.7 Å². The topological polar surface area (TPSA) is 79.2 Å². The van der Waals surface area contributed by atoms with Crippen LogP contribution in [0.4, 0.5) is 14.9 Å². The number of aliphatic hydroxyl groups excluding tert-OH is 1. The molecule has 0 aliphatic carbocycles. The number of aryl methyl sites for hydroxylation is 1. The zero-order valence-electron chi connectivity index (χ0n) is 12.3. The van der Waals surface area contributed by atoms with Gasteiger partial charge < -0.3 is 15.7 Å². The number of carbonyl (C=O) groups is 1. The van der Waals surface area contributed by atoms with Gasteiger partial charge in [-0.05, 0) is 12.5 Å². The first-order chi connectivity index (χ1) is 10.6. The lowest BCUT2D eigenvalue weighted by molar-refractivity contribution is 0.170. The Morgan fingerprint density at radius 1 is 1.45 bits per heavy atom. The van der Waals surface area contributed by atoms with Crippen LogP contribution in [0, 0.1) is 5.82 Å². The highest BCUT2D eigenvalue weighted by molar-refractivity contribution is 5.88. The molecular weight excluding hydrogens is 287 g/mol. The minimum absolute atomic E-state index is 0.0874. The first-order valence-electron chi connectivity index (χ1n) is 7.10. The number of aromatic nitrogens is 2. The number of rotatable bonds is 6. The van der Waals surface area contributed by atoms with Gasteiger partial charge in [-0.15, -0.1) is 0 Å². The standard InChI is InChI=1S/C15H19FN4O2/c1-2-7-20-10-11(8-18-20)19-15(22)17-9-14(21)12-5-3-4-6-13(12)16/h3-6,8,10,14,21H,2,7,9H2,1H3,(H2,17,19,22). The molecular formula is C15H19FN4O2. The summed E-state index contributed by atoms with van der Waals surface area (Å²) in [6, 6.07) is 5.44. The number of urea groups is 1. The van der Waals surface area contributed by atoms with Crippen LogP contribution in [0.15, 0.2) is 36.7 Å². The molecule has 3 N–H and O–H groups in total. The third-order valence-electron chi connectivity index (χ3n) is 3.06. The number of halogens is 1. The largest absolute Gasteiger partial charge is 0.386 e. The van der Waals surface area contributed by atoms with Crippen molar-refractivity contribution in [2.24, 2.45) is 0 Å². The summed E-state index contributed by atoms with van der Waals surface area (Å²) in [5.41, 5.74) is 0.713. The Hall–Kier alpha value is -2.41. The molecule has 0 aliphatic heterocycles. The summed E-state index contributed by atoms with van der Waals surface area (Å²) < 4.78 is 15.2. The Kier molecular flexibility index (Phi) is 5.48. The summed E-state index contributed by atoms with van der Waals surface area (Å²) in [5, 5.41) is 19.1. The predicted octanol–water partition coefficient (Wildman–Crippen LogP) is 2.29. The number of hydrogen-bond donors (Lipinski definition) is 3. The van der Waals surface area contributed by atoms with E-state index in [4.69, 9.17) is 0 Å². The lowest BCUT2D eigenvalue weighted by Crippen LogP contribution is -2.32. The highest BCUT2D eigenvalue weighted by Gasteiger charge is 2.13. The molecule has 0 aliphatic rings. The maximum Gasteiger partial charge on any atom is 0.319 e. The number of nitrogens with zero attached hydrogens (tertiary/aromatic N) is 2. The van der Waals surface area contributed by atoms with E-state index in [0.717, 1.165) is 13.0 Å². The van der Waals surface area contributed by atoms with E-state index < -0.39 is 18.0 Å². The molecule has 2 amide bonds. The van der Waals surface area contributed by atoms with Gasteiger partial charge in [0.05, 0.1) is 18.0 Å². The Labute approximate surface area is 128 Å². The van der Waals surface area contributed by atoms with E-state index in [1.54, 1.807) is 29.2 Å². The van der Waals surface area contributed by atoms with Gasteiger partial charge in [-0.3, -0.25) is 4.68 Å². The molecule has 0 saturated heterocycles. The van der Waals surface area contributed by atoms with Gasteiger partial charge in [0.25, 0.3) is 0 Å². The molecule has 118 valence electrons. The minimum Gasteiger partial charge on any atom is -0.386 e. The second kappa shape index (κ2) is 7.56. The van der Waals surface area contributed by atoms with Crippen LogP contribution in [0.1, 0.15) is 25.0 Å². The molecule has 1 aromatic heterocycles. The fourth-order valence-corrected chi connectivity index (χ4v) is 2.00. The van der Waals surface area contributed by atoms with Crippen LogP contribution in [0.25, 0.3) is 0 Å². The summed E-state index contributed by atoms with van der Waals surface area (Å²) >= 11 is 0. The first-order valence-corrected chi connectivity index (χ1v) is 7.10. The molecule has 2 aromatic rings. The van der Waals surface area contributed by atoms with Gasteiger partial charge in [-0.25, -0.2) is 9.18 Å². The van der Waals surface area contributed by atoms with Crippen LogP contribution >= 0.6 is 0 Å². The molecule has 0 saturated carbocycles. The van der Waals surface area contributed by atoms with Crippen molar-refractivity contribution in [1.29, 1.82) is 0 Å². The smallest absolute Gasteiger partial charge is 0.319 e. The fourth-order valence-electron chi connectivity index (χ4n) is 2.00. The Morgan fingerprint density at radius 3 is 2.95 bits per heavy atom. The normalized spacial score (nSPS) is 12.0. The summed E-state index contributed by atoms with van der Waals surface area (Å²) in [6.07, 6.45) is 3.11. The van der Waals surface area contributed by atoms with Crippen LogP contribution in [0.2, 0.25) is 0 Å². The summed E-state index contributed by atoms with van der Waals surface area (Å²) in [7, 11) is 0. The molecule has 6 nitrogen and oxygen atoms in total. The van der Waals surface area contributed by atoms with Gasteiger partial charge in [-0.2, -0.15) is 5.10 Å². The molecule has 1 heterocycles. The number of aliphatic hydroxyl groups is 1. The summed E-state index contributed by atoms with van der Waals surface area (Å²) in [4.78, 5) is 11.7. The zero-order valence-corrected chi connectivity index (χ0v) is 12.3. The van der Waals surface area contributed by atoms with Gasteiger partial charge >= 0.3 is 6.03 Å². The average molecular weight is 306 g/mol. The number of amides is 2.